The fourth-order valence-electron chi connectivity index (χ4n) is 1.11. The zero-order valence-electron chi connectivity index (χ0n) is 8.59. The van der Waals surface area contributed by atoms with Crippen LogP contribution in [0, 0.1) is 0 Å². The number of aliphatic hydroxyl groups excluding tert-OH is 1. The van der Waals surface area contributed by atoms with E-state index < -0.39 is 0 Å². The summed E-state index contributed by atoms with van der Waals surface area (Å²) in [5.41, 5.74) is -0.339. The molecule has 2 N–H and O–H groups in total. The monoisotopic (exact) mass is 189 g/mol. The Labute approximate surface area is 79.3 Å². The molecule has 0 rings (SSSR count). The summed E-state index contributed by atoms with van der Waals surface area (Å²) >= 11 is 0. The van der Waals surface area contributed by atoms with E-state index in [9.17, 15) is 4.79 Å². The number of esters is 1. The standard InChI is InChI=1S/C9H19NO3/c1-4-9(5-2,7-11)10-6-8(12)13-3/h10-11H,4-7H2,1-3H3. The summed E-state index contributed by atoms with van der Waals surface area (Å²) in [4.78, 5) is 10.8. The van der Waals surface area contributed by atoms with Gasteiger partial charge in [0.15, 0.2) is 0 Å². The van der Waals surface area contributed by atoms with Crippen LogP contribution in [0.25, 0.3) is 0 Å². The van der Waals surface area contributed by atoms with Crippen molar-refractivity contribution in [2.24, 2.45) is 0 Å². The van der Waals surface area contributed by atoms with Crippen molar-refractivity contribution in [1.82, 2.24) is 5.32 Å². The van der Waals surface area contributed by atoms with Crippen LogP contribution >= 0.6 is 0 Å². The van der Waals surface area contributed by atoms with Crippen LogP contribution < -0.4 is 5.32 Å². The van der Waals surface area contributed by atoms with Crippen LogP contribution in [-0.2, 0) is 9.53 Å². The van der Waals surface area contributed by atoms with Crippen molar-refractivity contribution in [2.75, 3.05) is 20.3 Å². The van der Waals surface area contributed by atoms with Crippen LogP contribution in [0.2, 0.25) is 0 Å². The highest BCUT2D eigenvalue weighted by Gasteiger charge is 2.24. The molecule has 0 saturated heterocycles. The minimum absolute atomic E-state index is 0.0387. The van der Waals surface area contributed by atoms with E-state index in [0.717, 1.165) is 12.8 Å². The van der Waals surface area contributed by atoms with Crippen molar-refractivity contribution in [3.05, 3.63) is 0 Å². The summed E-state index contributed by atoms with van der Waals surface area (Å²) in [5, 5.41) is 12.2. The molecule has 0 radical (unpaired) electrons. The first kappa shape index (κ1) is 12.4. The van der Waals surface area contributed by atoms with Crippen molar-refractivity contribution >= 4 is 5.97 Å². The molecule has 0 aliphatic rings. The third-order valence-electron chi connectivity index (χ3n) is 2.49. The van der Waals surface area contributed by atoms with Crippen molar-refractivity contribution in [3.8, 4) is 0 Å². The molecule has 0 unspecified atom stereocenters. The van der Waals surface area contributed by atoms with Crippen LogP contribution in [0.1, 0.15) is 26.7 Å². The van der Waals surface area contributed by atoms with Crippen LogP contribution in [0.15, 0.2) is 0 Å². The van der Waals surface area contributed by atoms with Crippen molar-refractivity contribution in [3.63, 3.8) is 0 Å². The second-order valence-corrected chi connectivity index (χ2v) is 3.08. The van der Waals surface area contributed by atoms with E-state index in [0.29, 0.717) is 0 Å². The first-order valence-electron chi connectivity index (χ1n) is 4.56. The molecule has 78 valence electrons. The molecule has 0 saturated carbocycles. The van der Waals surface area contributed by atoms with Crippen molar-refractivity contribution in [1.29, 1.82) is 0 Å². The molecular weight excluding hydrogens is 170 g/mol. The van der Waals surface area contributed by atoms with E-state index in [1.165, 1.54) is 7.11 Å². The Kier molecular flexibility index (Phi) is 5.66. The lowest BCUT2D eigenvalue weighted by Crippen LogP contribution is -2.49. The van der Waals surface area contributed by atoms with Gasteiger partial charge in [0, 0.05) is 5.54 Å². The van der Waals surface area contributed by atoms with Gasteiger partial charge in [0.1, 0.15) is 0 Å². The van der Waals surface area contributed by atoms with Gasteiger partial charge in [0.25, 0.3) is 0 Å². The Morgan fingerprint density at radius 2 is 2.00 bits per heavy atom. The van der Waals surface area contributed by atoms with Gasteiger partial charge in [-0.3, -0.25) is 10.1 Å². The second-order valence-electron chi connectivity index (χ2n) is 3.08. The molecular formula is C9H19NO3. The number of ether oxygens (including phenoxy) is 1. The Morgan fingerprint density at radius 1 is 1.46 bits per heavy atom. The Bertz CT molecular complexity index is 147. The molecule has 13 heavy (non-hydrogen) atoms. The quantitative estimate of drug-likeness (QED) is 0.590. The van der Waals surface area contributed by atoms with Gasteiger partial charge >= 0.3 is 5.97 Å². The molecule has 0 aromatic rings. The Balaban J connectivity index is 4.02. The van der Waals surface area contributed by atoms with E-state index in [4.69, 9.17) is 5.11 Å². The van der Waals surface area contributed by atoms with Crippen molar-refractivity contribution in [2.45, 2.75) is 32.2 Å². The van der Waals surface area contributed by atoms with Crippen LogP contribution in [-0.4, -0.2) is 36.9 Å². The number of aliphatic hydroxyl groups is 1. The summed E-state index contributed by atoms with van der Waals surface area (Å²) in [5.74, 6) is -0.306. The number of nitrogens with one attached hydrogen (secondary N) is 1. The smallest absolute Gasteiger partial charge is 0.319 e. The van der Waals surface area contributed by atoms with E-state index in [-0.39, 0.29) is 24.7 Å². The zero-order chi connectivity index (χ0) is 10.3. The Morgan fingerprint density at radius 3 is 2.31 bits per heavy atom. The van der Waals surface area contributed by atoms with E-state index in [1.54, 1.807) is 0 Å². The zero-order valence-corrected chi connectivity index (χ0v) is 8.59. The summed E-state index contributed by atoms with van der Waals surface area (Å²) in [6.45, 7) is 4.14. The lowest BCUT2D eigenvalue weighted by Gasteiger charge is -2.30. The highest BCUT2D eigenvalue weighted by atomic mass is 16.5. The summed E-state index contributed by atoms with van der Waals surface area (Å²) < 4.78 is 4.50. The lowest BCUT2D eigenvalue weighted by atomic mass is 9.94. The summed E-state index contributed by atoms with van der Waals surface area (Å²) in [6, 6.07) is 0. The SMILES string of the molecule is CCC(CC)(CO)NCC(=O)OC. The average Bonchev–Trinajstić information content (AvgIpc) is 2.20. The molecule has 4 heteroatoms. The van der Waals surface area contributed by atoms with E-state index >= 15 is 0 Å². The molecule has 0 atom stereocenters. The second kappa shape index (κ2) is 5.94. The molecule has 0 aliphatic carbocycles. The number of hydrogen-bond acceptors (Lipinski definition) is 4. The lowest BCUT2D eigenvalue weighted by molar-refractivity contribution is -0.140. The third kappa shape index (κ3) is 3.74. The fourth-order valence-corrected chi connectivity index (χ4v) is 1.11. The summed E-state index contributed by atoms with van der Waals surface area (Å²) in [6.07, 6.45) is 1.58. The predicted octanol–water partition coefficient (Wildman–Crippen LogP) is 0.300. The largest absolute Gasteiger partial charge is 0.468 e. The van der Waals surface area contributed by atoms with Crippen LogP contribution in [0.3, 0.4) is 0 Å². The first-order chi connectivity index (χ1) is 6.14. The van der Waals surface area contributed by atoms with E-state index in [1.807, 2.05) is 13.8 Å². The van der Waals surface area contributed by atoms with E-state index in [2.05, 4.69) is 10.1 Å². The van der Waals surface area contributed by atoms with Gasteiger partial charge in [-0.2, -0.15) is 0 Å². The maximum Gasteiger partial charge on any atom is 0.319 e. The minimum atomic E-state index is -0.339. The molecule has 0 aromatic carbocycles. The van der Waals surface area contributed by atoms with Crippen LogP contribution in [0.4, 0.5) is 0 Å². The molecule has 0 aromatic heterocycles. The molecule has 0 amide bonds. The first-order valence-corrected chi connectivity index (χ1v) is 4.56. The van der Waals surface area contributed by atoms with Crippen molar-refractivity contribution < 1.29 is 14.6 Å². The molecule has 0 aliphatic heterocycles. The molecule has 0 spiro atoms. The fraction of sp³-hybridized carbons (Fsp3) is 0.889. The molecule has 4 nitrogen and oxygen atoms in total. The number of hydrogen-bond donors (Lipinski definition) is 2. The molecule has 0 heterocycles. The predicted molar refractivity (Wildman–Crippen MR) is 50.4 cm³/mol. The topological polar surface area (TPSA) is 58.6 Å². The summed E-state index contributed by atoms with van der Waals surface area (Å²) in [7, 11) is 1.35. The van der Waals surface area contributed by atoms with Gasteiger partial charge in [-0.15, -0.1) is 0 Å². The van der Waals surface area contributed by atoms with Gasteiger partial charge < -0.3 is 9.84 Å². The number of carbonyl (C=O) groups is 1. The maximum absolute atomic E-state index is 10.8. The third-order valence-corrected chi connectivity index (χ3v) is 2.49. The minimum Gasteiger partial charge on any atom is -0.468 e. The molecule has 0 bridgehead atoms. The Hall–Kier alpha value is -0.610. The van der Waals surface area contributed by atoms with Gasteiger partial charge in [-0.25, -0.2) is 0 Å². The normalized spacial score (nSPS) is 11.4. The highest BCUT2D eigenvalue weighted by molar-refractivity contribution is 5.71. The van der Waals surface area contributed by atoms with Gasteiger partial charge in [-0.1, -0.05) is 13.8 Å². The maximum atomic E-state index is 10.8. The number of carbonyl (C=O) groups excluding carboxylic acids is 1. The highest BCUT2D eigenvalue weighted by Crippen LogP contribution is 2.13. The molecule has 0 fully saturated rings. The number of rotatable bonds is 6. The van der Waals surface area contributed by atoms with Crippen LogP contribution in [0.5, 0.6) is 0 Å². The van der Waals surface area contributed by atoms with Gasteiger partial charge in [0.2, 0.25) is 0 Å². The number of methoxy groups -OCH3 is 1. The van der Waals surface area contributed by atoms with Gasteiger partial charge in [0.05, 0.1) is 20.3 Å². The van der Waals surface area contributed by atoms with Gasteiger partial charge in [-0.05, 0) is 12.8 Å². The average molecular weight is 189 g/mol.